The lowest BCUT2D eigenvalue weighted by molar-refractivity contribution is 0.0625. The van der Waals surface area contributed by atoms with Crippen LogP contribution < -0.4 is 5.32 Å². The number of nitrogens with one attached hydrogen (secondary N) is 1. The van der Waals surface area contributed by atoms with Crippen molar-refractivity contribution in [1.29, 1.82) is 0 Å². The van der Waals surface area contributed by atoms with Gasteiger partial charge in [-0.25, -0.2) is 0 Å². The fraction of sp³-hybridized carbons (Fsp3) is 0.579. The molecule has 27 heavy (non-hydrogen) atoms. The number of ether oxygens (including phenoxy) is 1. The smallest absolute Gasteiger partial charge is 0.276 e. The lowest BCUT2D eigenvalue weighted by atomic mass is 9.96. The van der Waals surface area contributed by atoms with E-state index in [-0.39, 0.29) is 0 Å². The Bertz CT molecular complexity index is 712. The number of aromatic nitrogens is 3. The van der Waals surface area contributed by atoms with E-state index in [4.69, 9.17) is 9.26 Å². The minimum absolute atomic E-state index is 0.448. The van der Waals surface area contributed by atoms with Crippen LogP contribution in [0.2, 0.25) is 0 Å². The maximum Gasteiger partial charge on any atom is 0.276 e. The molecule has 1 aliphatic rings. The molecule has 8 heteroatoms. The van der Waals surface area contributed by atoms with Crippen molar-refractivity contribution in [3.8, 4) is 11.6 Å². The predicted octanol–water partition coefficient (Wildman–Crippen LogP) is 2.00. The zero-order valence-electron chi connectivity index (χ0n) is 16.1. The van der Waals surface area contributed by atoms with Crippen LogP contribution in [0.3, 0.4) is 0 Å². The van der Waals surface area contributed by atoms with Crippen LogP contribution in [-0.4, -0.2) is 66.4 Å². The lowest BCUT2D eigenvalue weighted by Gasteiger charge is -2.26. The largest absolute Gasteiger partial charge is 0.381 e. The molecule has 8 nitrogen and oxygen atoms in total. The standard InChI is InChI=1S/C19H28N6O2/c1-20-19(25(2)12-7-15-8-13-26-14-9-15)22-11-6-17-23-18(27-24-17)16-5-3-4-10-21-16/h3-5,10,15H,6-9,11-14H2,1-2H3,(H,20,22). The molecule has 1 fully saturated rings. The minimum Gasteiger partial charge on any atom is -0.381 e. The Kier molecular flexibility index (Phi) is 7.15. The Morgan fingerprint density at radius 2 is 2.19 bits per heavy atom. The van der Waals surface area contributed by atoms with Crippen LogP contribution in [0.4, 0.5) is 0 Å². The highest BCUT2D eigenvalue weighted by molar-refractivity contribution is 5.79. The summed E-state index contributed by atoms with van der Waals surface area (Å²) in [6, 6.07) is 5.60. The van der Waals surface area contributed by atoms with Crippen LogP contribution >= 0.6 is 0 Å². The molecule has 2 aromatic rings. The summed E-state index contributed by atoms with van der Waals surface area (Å²) in [5.74, 6) is 2.74. The third-order valence-corrected chi connectivity index (χ3v) is 4.77. The second-order valence-electron chi connectivity index (χ2n) is 6.72. The van der Waals surface area contributed by atoms with Crippen molar-refractivity contribution in [2.75, 3.05) is 40.4 Å². The van der Waals surface area contributed by atoms with E-state index < -0.39 is 0 Å². The highest BCUT2D eigenvalue weighted by Gasteiger charge is 2.15. The number of hydrogen-bond acceptors (Lipinski definition) is 6. The quantitative estimate of drug-likeness (QED) is 0.587. The van der Waals surface area contributed by atoms with E-state index in [1.54, 1.807) is 13.2 Å². The first kappa shape index (κ1) is 19.3. The first-order valence-electron chi connectivity index (χ1n) is 9.50. The second-order valence-corrected chi connectivity index (χ2v) is 6.72. The van der Waals surface area contributed by atoms with Gasteiger partial charge in [0.2, 0.25) is 0 Å². The van der Waals surface area contributed by atoms with Crippen molar-refractivity contribution >= 4 is 5.96 Å². The molecule has 0 spiro atoms. The van der Waals surface area contributed by atoms with Crippen LogP contribution in [0.1, 0.15) is 25.1 Å². The summed E-state index contributed by atoms with van der Waals surface area (Å²) in [5, 5.41) is 7.39. The summed E-state index contributed by atoms with van der Waals surface area (Å²) >= 11 is 0. The second kappa shape index (κ2) is 10.0. The summed E-state index contributed by atoms with van der Waals surface area (Å²) < 4.78 is 10.7. The van der Waals surface area contributed by atoms with Gasteiger partial charge >= 0.3 is 0 Å². The van der Waals surface area contributed by atoms with Crippen molar-refractivity contribution < 1.29 is 9.26 Å². The SMILES string of the molecule is CN=C(NCCc1noc(-c2ccccn2)n1)N(C)CCC1CCOCC1. The molecule has 0 aromatic carbocycles. The Hall–Kier alpha value is -2.48. The number of guanidine groups is 1. The third-order valence-electron chi connectivity index (χ3n) is 4.77. The minimum atomic E-state index is 0.448. The molecule has 1 saturated heterocycles. The van der Waals surface area contributed by atoms with Gasteiger partial charge in [-0.2, -0.15) is 4.98 Å². The van der Waals surface area contributed by atoms with Gasteiger partial charge in [0.25, 0.3) is 5.89 Å². The molecule has 1 aliphatic heterocycles. The molecule has 3 rings (SSSR count). The van der Waals surface area contributed by atoms with E-state index in [0.29, 0.717) is 30.4 Å². The highest BCUT2D eigenvalue weighted by Crippen LogP contribution is 2.18. The van der Waals surface area contributed by atoms with Crippen LogP contribution in [0.15, 0.2) is 33.9 Å². The molecule has 0 unspecified atom stereocenters. The summed E-state index contributed by atoms with van der Waals surface area (Å²) in [7, 11) is 3.88. The molecule has 0 bridgehead atoms. The Labute approximate surface area is 160 Å². The van der Waals surface area contributed by atoms with E-state index in [2.05, 4.69) is 37.4 Å². The van der Waals surface area contributed by atoms with Gasteiger partial charge in [0.15, 0.2) is 11.8 Å². The average molecular weight is 372 g/mol. The number of nitrogens with zero attached hydrogens (tertiary/aromatic N) is 5. The molecule has 0 radical (unpaired) electrons. The Morgan fingerprint density at radius 1 is 1.33 bits per heavy atom. The zero-order valence-corrected chi connectivity index (χ0v) is 16.1. The van der Waals surface area contributed by atoms with Crippen molar-refractivity contribution in [1.82, 2.24) is 25.3 Å². The van der Waals surface area contributed by atoms with Gasteiger partial charge in [0.05, 0.1) is 0 Å². The summed E-state index contributed by atoms with van der Waals surface area (Å²) in [5.41, 5.74) is 0.688. The van der Waals surface area contributed by atoms with Crippen molar-refractivity contribution in [2.24, 2.45) is 10.9 Å². The molecule has 0 amide bonds. The normalized spacial score (nSPS) is 15.7. The molecule has 1 N–H and O–H groups in total. The third kappa shape index (κ3) is 5.75. The van der Waals surface area contributed by atoms with Crippen molar-refractivity contribution in [3.63, 3.8) is 0 Å². The van der Waals surface area contributed by atoms with Crippen molar-refractivity contribution in [2.45, 2.75) is 25.7 Å². The molecule has 0 atom stereocenters. The number of aliphatic imine (C=N–C) groups is 1. The van der Waals surface area contributed by atoms with E-state index in [0.717, 1.165) is 44.5 Å². The summed E-state index contributed by atoms with van der Waals surface area (Å²) in [6.45, 7) is 3.46. The first-order chi connectivity index (χ1) is 13.3. The van der Waals surface area contributed by atoms with Gasteiger partial charge < -0.3 is 19.5 Å². The molecule has 3 heterocycles. The summed E-state index contributed by atoms with van der Waals surface area (Å²) in [6.07, 6.45) is 5.86. The van der Waals surface area contributed by atoms with Crippen LogP contribution in [0.5, 0.6) is 0 Å². The van der Waals surface area contributed by atoms with E-state index >= 15 is 0 Å². The van der Waals surface area contributed by atoms with E-state index in [1.165, 1.54) is 6.42 Å². The van der Waals surface area contributed by atoms with Crippen LogP contribution in [0.25, 0.3) is 11.6 Å². The van der Waals surface area contributed by atoms with E-state index in [1.807, 2.05) is 18.2 Å². The number of rotatable bonds is 7. The monoisotopic (exact) mass is 372 g/mol. The highest BCUT2D eigenvalue weighted by atomic mass is 16.5. The van der Waals surface area contributed by atoms with Gasteiger partial charge in [-0.15, -0.1) is 0 Å². The van der Waals surface area contributed by atoms with Crippen LogP contribution in [0, 0.1) is 5.92 Å². The fourth-order valence-electron chi connectivity index (χ4n) is 3.14. The fourth-order valence-corrected chi connectivity index (χ4v) is 3.14. The number of pyridine rings is 1. The van der Waals surface area contributed by atoms with Gasteiger partial charge in [0.1, 0.15) is 5.69 Å². The Morgan fingerprint density at radius 3 is 2.93 bits per heavy atom. The maximum absolute atomic E-state index is 5.43. The molecular formula is C19H28N6O2. The molecule has 146 valence electrons. The maximum atomic E-state index is 5.43. The van der Waals surface area contributed by atoms with Gasteiger partial charge in [0, 0.05) is 53.0 Å². The van der Waals surface area contributed by atoms with Crippen LogP contribution in [-0.2, 0) is 11.2 Å². The lowest BCUT2D eigenvalue weighted by Crippen LogP contribution is -2.40. The van der Waals surface area contributed by atoms with Gasteiger partial charge in [-0.05, 0) is 37.3 Å². The molecule has 2 aromatic heterocycles. The van der Waals surface area contributed by atoms with Crippen molar-refractivity contribution in [3.05, 3.63) is 30.2 Å². The zero-order chi connectivity index (χ0) is 18.9. The average Bonchev–Trinajstić information content (AvgIpc) is 3.20. The topological polar surface area (TPSA) is 88.7 Å². The Balaban J connectivity index is 1.42. The first-order valence-corrected chi connectivity index (χ1v) is 9.50. The molecular weight excluding hydrogens is 344 g/mol. The molecule has 0 saturated carbocycles. The summed E-state index contributed by atoms with van der Waals surface area (Å²) in [4.78, 5) is 15.2. The predicted molar refractivity (Wildman–Crippen MR) is 103 cm³/mol. The number of hydrogen-bond donors (Lipinski definition) is 1. The van der Waals surface area contributed by atoms with Gasteiger partial charge in [-0.3, -0.25) is 9.98 Å². The van der Waals surface area contributed by atoms with E-state index in [9.17, 15) is 0 Å². The van der Waals surface area contributed by atoms with Gasteiger partial charge in [-0.1, -0.05) is 11.2 Å². The molecule has 0 aliphatic carbocycles.